The second kappa shape index (κ2) is 8.92. The summed E-state index contributed by atoms with van der Waals surface area (Å²) in [6, 6.07) is 16.4. The van der Waals surface area contributed by atoms with Crippen LogP contribution in [0.2, 0.25) is 0 Å². The van der Waals surface area contributed by atoms with Crippen LogP contribution in [0, 0.1) is 0 Å². The minimum atomic E-state index is -1.11. The lowest BCUT2D eigenvalue weighted by atomic mass is 10.0. The van der Waals surface area contributed by atoms with Crippen LogP contribution in [0.25, 0.3) is 21.7 Å². The maximum atomic E-state index is 10.7. The normalized spacial score (nSPS) is 10.2. The number of carbonyl (C=O) groups is 4. The van der Waals surface area contributed by atoms with Crippen molar-refractivity contribution >= 4 is 45.6 Å². The van der Waals surface area contributed by atoms with Crippen LogP contribution in [-0.2, 0) is 0 Å². The Labute approximate surface area is 179 Å². The van der Waals surface area contributed by atoms with Crippen molar-refractivity contribution in [1.82, 2.24) is 4.98 Å². The average molecular weight is 433 g/mol. The molecule has 0 aliphatic rings. The van der Waals surface area contributed by atoms with E-state index in [4.69, 9.17) is 20.4 Å². The van der Waals surface area contributed by atoms with Crippen molar-refractivity contribution in [3.05, 3.63) is 89.1 Å². The summed E-state index contributed by atoms with van der Waals surface area (Å²) in [5.74, 6) is -4.12. The van der Waals surface area contributed by atoms with Gasteiger partial charge in [0.2, 0.25) is 0 Å². The number of rotatable bonds is 4. The zero-order valence-corrected chi connectivity index (χ0v) is 16.2. The van der Waals surface area contributed by atoms with Gasteiger partial charge in [-0.05, 0) is 59.3 Å². The molecule has 4 aromatic rings. The summed E-state index contributed by atoms with van der Waals surface area (Å²) in [7, 11) is 0. The summed E-state index contributed by atoms with van der Waals surface area (Å²) in [5, 5.41) is 37.1. The molecule has 160 valence electrons. The van der Waals surface area contributed by atoms with Gasteiger partial charge in [-0.15, -0.1) is 0 Å². The lowest BCUT2D eigenvalue weighted by Crippen LogP contribution is -2.00. The van der Waals surface area contributed by atoms with E-state index in [1.165, 1.54) is 54.6 Å². The summed E-state index contributed by atoms with van der Waals surface area (Å²) >= 11 is 0. The van der Waals surface area contributed by atoms with E-state index in [9.17, 15) is 19.2 Å². The van der Waals surface area contributed by atoms with Crippen molar-refractivity contribution < 1.29 is 39.6 Å². The molecule has 9 nitrogen and oxygen atoms in total. The number of aromatic nitrogens is 1. The second-order valence-electron chi connectivity index (χ2n) is 6.60. The maximum Gasteiger partial charge on any atom is 0.354 e. The topological polar surface area (TPSA) is 162 Å². The number of nitrogens with zero attached hydrogens (tertiary/aromatic N) is 1. The van der Waals surface area contributed by atoms with Crippen LogP contribution in [0.15, 0.2) is 66.7 Å². The fourth-order valence-electron chi connectivity index (χ4n) is 2.89. The van der Waals surface area contributed by atoms with Gasteiger partial charge in [0, 0.05) is 5.39 Å². The number of hydrogen-bond acceptors (Lipinski definition) is 5. The van der Waals surface area contributed by atoms with Gasteiger partial charge in [-0.1, -0.05) is 18.2 Å². The van der Waals surface area contributed by atoms with E-state index >= 15 is 0 Å². The highest BCUT2D eigenvalue weighted by atomic mass is 16.4. The van der Waals surface area contributed by atoms with Gasteiger partial charge in [0.15, 0.2) is 0 Å². The number of aromatic carboxylic acids is 4. The summed E-state index contributed by atoms with van der Waals surface area (Å²) in [5.41, 5.74) is 0.934. The molecular weight excluding hydrogens is 418 g/mol. The minimum absolute atomic E-state index is 0.0597. The van der Waals surface area contributed by atoms with Crippen molar-refractivity contribution in [3.63, 3.8) is 0 Å². The van der Waals surface area contributed by atoms with Crippen LogP contribution in [0.4, 0.5) is 0 Å². The first-order chi connectivity index (χ1) is 15.2. The van der Waals surface area contributed by atoms with Crippen molar-refractivity contribution in [3.8, 4) is 0 Å². The minimum Gasteiger partial charge on any atom is -0.478 e. The van der Waals surface area contributed by atoms with Gasteiger partial charge in [-0.25, -0.2) is 24.2 Å². The predicted molar refractivity (Wildman–Crippen MR) is 114 cm³/mol. The van der Waals surface area contributed by atoms with E-state index in [1.54, 1.807) is 12.1 Å². The molecule has 0 atom stereocenters. The first-order valence-corrected chi connectivity index (χ1v) is 9.03. The molecule has 9 heteroatoms. The van der Waals surface area contributed by atoms with Gasteiger partial charge in [0.05, 0.1) is 22.2 Å². The Morgan fingerprint density at radius 3 is 1.34 bits per heavy atom. The molecule has 0 aliphatic carbocycles. The molecule has 0 fully saturated rings. The summed E-state index contributed by atoms with van der Waals surface area (Å²) in [4.78, 5) is 46.7. The van der Waals surface area contributed by atoms with E-state index < -0.39 is 23.9 Å². The standard InChI is InChI=1S/C12H8O4.C11H7NO4/c13-11(14)9-3-1-7-5-10(12(15)16)4-2-8(7)6-9;13-10(14)7-2-3-8-6(5-7)1-4-9(12-8)11(15)16/h1-6H,(H,13,14)(H,15,16);1-5H,(H,13,14)(H,15,16). The molecule has 0 unspecified atom stereocenters. The molecule has 4 rings (SSSR count). The first-order valence-electron chi connectivity index (χ1n) is 9.03. The Balaban J connectivity index is 0.000000181. The maximum absolute atomic E-state index is 10.7. The summed E-state index contributed by atoms with van der Waals surface area (Å²) in [6.07, 6.45) is 0. The van der Waals surface area contributed by atoms with Crippen LogP contribution < -0.4 is 0 Å². The monoisotopic (exact) mass is 433 g/mol. The van der Waals surface area contributed by atoms with Crippen molar-refractivity contribution in [1.29, 1.82) is 0 Å². The quantitative estimate of drug-likeness (QED) is 0.374. The molecule has 4 N–H and O–H groups in total. The van der Waals surface area contributed by atoms with Gasteiger partial charge >= 0.3 is 23.9 Å². The fourth-order valence-corrected chi connectivity index (χ4v) is 2.89. The molecule has 0 radical (unpaired) electrons. The molecular formula is C23H15NO8. The van der Waals surface area contributed by atoms with E-state index in [-0.39, 0.29) is 22.4 Å². The average Bonchev–Trinajstić information content (AvgIpc) is 2.77. The molecule has 0 saturated carbocycles. The summed E-state index contributed by atoms with van der Waals surface area (Å²) in [6.45, 7) is 0. The van der Waals surface area contributed by atoms with E-state index in [2.05, 4.69) is 4.98 Å². The predicted octanol–water partition coefficient (Wildman–Crippen LogP) is 3.87. The van der Waals surface area contributed by atoms with Gasteiger partial charge in [-0.3, -0.25) is 0 Å². The molecule has 1 aromatic heterocycles. The van der Waals surface area contributed by atoms with E-state index in [0.29, 0.717) is 21.7 Å². The lowest BCUT2D eigenvalue weighted by Gasteiger charge is -2.01. The number of hydrogen-bond donors (Lipinski definition) is 4. The van der Waals surface area contributed by atoms with Gasteiger partial charge in [0.25, 0.3) is 0 Å². The molecule has 0 bridgehead atoms. The molecule has 0 aliphatic heterocycles. The largest absolute Gasteiger partial charge is 0.478 e. The van der Waals surface area contributed by atoms with Crippen LogP contribution in [0.5, 0.6) is 0 Å². The SMILES string of the molecule is O=C(O)c1ccc2cc(C(=O)O)ccc2c1.O=C(O)c1ccc2nc(C(=O)O)ccc2c1. The van der Waals surface area contributed by atoms with Gasteiger partial charge in [-0.2, -0.15) is 0 Å². The Kier molecular flexibility index (Phi) is 6.11. The molecule has 0 spiro atoms. The zero-order chi connectivity index (χ0) is 23.4. The van der Waals surface area contributed by atoms with Crippen LogP contribution >= 0.6 is 0 Å². The highest BCUT2D eigenvalue weighted by Crippen LogP contribution is 2.18. The number of benzene rings is 3. The molecule has 32 heavy (non-hydrogen) atoms. The van der Waals surface area contributed by atoms with Crippen LogP contribution in [0.1, 0.15) is 41.6 Å². The number of carboxylic acid groups (broad SMARTS) is 4. The molecule has 1 heterocycles. The second-order valence-corrected chi connectivity index (χ2v) is 6.60. The van der Waals surface area contributed by atoms with E-state index in [1.807, 2.05) is 0 Å². The Bertz CT molecular complexity index is 1180. The van der Waals surface area contributed by atoms with Crippen molar-refractivity contribution in [2.24, 2.45) is 0 Å². The number of carboxylic acids is 4. The van der Waals surface area contributed by atoms with E-state index in [0.717, 1.165) is 0 Å². The Morgan fingerprint density at radius 2 is 0.906 bits per heavy atom. The Morgan fingerprint density at radius 1 is 0.500 bits per heavy atom. The molecule has 0 amide bonds. The third-order valence-corrected chi connectivity index (χ3v) is 4.49. The zero-order valence-electron chi connectivity index (χ0n) is 16.2. The number of pyridine rings is 1. The Hall–Kier alpha value is -4.79. The van der Waals surface area contributed by atoms with Gasteiger partial charge < -0.3 is 20.4 Å². The lowest BCUT2D eigenvalue weighted by molar-refractivity contribution is 0.0681. The highest BCUT2D eigenvalue weighted by Gasteiger charge is 2.08. The highest BCUT2D eigenvalue weighted by molar-refractivity contribution is 5.98. The fraction of sp³-hybridized carbons (Fsp3) is 0. The van der Waals surface area contributed by atoms with Crippen LogP contribution in [-0.4, -0.2) is 49.3 Å². The van der Waals surface area contributed by atoms with Crippen molar-refractivity contribution in [2.45, 2.75) is 0 Å². The molecule has 3 aromatic carbocycles. The third kappa shape index (κ3) is 4.85. The smallest absolute Gasteiger partial charge is 0.354 e. The number of fused-ring (bicyclic) bond motifs is 2. The third-order valence-electron chi connectivity index (χ3n) is 4.49. The summed E-state index contributed by atoms with van der Waals surface area (Å²) < 4.78 is 0. The van der Waals surface area contributed by atoms with Crippen LogP contribution in [0.3, 0.4) is 0 Å². The molecule has 0 saturated heterocycles. The van der Waals surface area contributed by atoms with Gasteiger partial charge in [0.1, 0.15) is 5.69 Å². The van der Waals surface area contributed by atoms with Crippen molar-refractivity contribution in [2.75, 3.05) is 0 Å². The first kappa shape index (κ1) is 21.9.